The Morgan fingerprint density at radius 3 is 2.43 bits per heavy atom. The first-order valence-corrected chi connectivity index (χ1v) is 10.3. The van der Waals surface area contributed by atoms with E-state index in [1.165, 1.54) is 0 Å². The fraction of sp³-hybridized carbons (Fsp3) is 0.273. The largest absolute Gasteiger partial charge is 0.497 e. The van der Waals surface area contributed by atoms with Crippen LogP contribution >= 0.6 is 11.3 Å². The van der Waals surface area contributed by atoms with Crippen LogP contribution in [0.4, 0.5) is 0 Å². The molecule has 1 aliphatic heterocycles. The van der Waals surface area contributed by atoms with Crippen LogP contribution in [0.3, 0.4) is 0 Å². The molecule has 0 atom stereocenters. The van der Waals surface area contributed by atoms with Crippen LogP contribution in [0.15, 0.2) is 60.0 Å². The summed E-state index contributed by atoms with van der Waals surface area (Å²) in [7, 11) is 1.63. The van der Waals surface area contributed by atoms with Crippen LogP contribution in [0.2, 0.25) is 0 Å². The Kier molecular flexibility index (Phi) is 5.69. The van der Waals surface area contributed by atoms with E-state index in [0.29, 0.717) is 5.56 Å². The van der Waals surface area contributed by atoms with Crippen molar-refractivity contribution in [2.24, 2.45) is 0 Å². The van der Waals surface area contributed by atoms with Crippen molar-refractivity contribution >= 4 is 17.2 Å². The van der Waals surface area contributed by atoms with E-state index in [1.54, 1.807) is 18.4 Å². The topological polar surface area (TPSA) is 45.7 Å². The van der Waals surface area contributed by atoms with Crippen LogP contribution in [-0.2, 0) is 6.54 Å². The fourth-order valence-electron chi connectivity index (χ4n) is 3.35. The average Bonchev–Trinajstić information content (AvgIpc) is 3.23. The Hall–Kier alpha value is -2.70. The molecule has 1 amide bonds. The van der Waals surface area contributed by atoms with E-state index in [9.17, 15) is 4.79 Å². The fourth-order valence-corrected chi connectivity index (χ4v) is 4.16. The molecular weight excluding hydrogens is 370 g/mol. The summed E-state index contributed by atoms with van der Waals surface area (Å²) in [6.07, 6.45) is 0. The van der Waals surface area contributed by atoms with Crippen molar-refractivity contribution in [1.29, 1.82) is 0 Å². The van der Waals surface area contributed by atoms with Crippen molar-refractivity contribution in [3.63, 3.8) is 0 Å². The van der Waals surface area contributed by atoms with Gasteiger partial charge in [0.1, 0.15) is 10.8 Å². The summed E-state index contributed by atoms with van der Waals surface area (Å²) >= 11 is 1.68. The summed E-state index contributed by atoms with van der Waals surface area (Å²) in [5.41, 5.74) is 2.97. The Labute approximate surface area is 169 Å². The zero-order chi connectivity index (χ0) is 19.3. The van der Waals surface area contributed by atoms with E-state index in [0.717, 1.165) is 54.7 Å². The van der Waals surface area contributed by atoms with Crippen molar-refractivity contribution in [1.82, 2.24) is 14.8 Å². The SMILES string of the molecule is COc1ccc(C(=O)N2CCN(Cc3csc(-c4ccccc4)n3)CC2)cc1. The van der Waals surface area contributed by atoms with Gasteiger partial charge in [0, 0.05) is 49.2 Å². The molecule has 28 heavy (non-hydrogen) atoms. The highest BCUT2D eigenvalue weighted by atomic mass is 32.1. The third-order valence-electron chi connectivity index (χ3n) is 4.95. The Morgan fingerprint density at radius 2 is 1.75 bits per heavy atom. The van der Waals surface area contributed by atoms with Crippen molar-refractivity contribution in [2.45, 2.75) is 6.54 Å². The number of aromatic nitrogens is 1. The number of methoxy groups -OCH3 is 1. The molecule has 144 valence electrons. The molecule has 1 aliphatic rings. The van der Waals surface area contributed by atoms with Crippen LogP contribution in [0, 0.1) is 0 Å². The second-order valence-electron chi connectivity index (χ2n) is 6.81. The normalized spacial score (nSPS) is 14.8. The molecule has 0 saturated carbocycles. The zero-order valence-electron chi connectivity index (χ0n) is 15.9. The van der Waals surface area contributed by atoms with Gasteiger partial charge in [-0.1, -0.05) is 30.3 Å². The van der Waals surface area contributed by atoms with Gasteiger partial charge in [0.2, 0.25) is 0 Å². The molecule has 6 heteroatoms. The summed E-state index contributed by atoms with van der Waals surface area (Å²) in [5.74, 6) is 0.849. The lowest BCUT2D eigenvalue weighted by atomic mass is 10.1. The highest BCUT2D eigenvalue weighted by molar-refractivity contribution is 7.13. The molecule has 1 saturated heterocycles. The number of hydrogen-bond acceptors (Lipinski definition) is 5. The standard InChI is InChI=1S/C22H23N3O2S/c1-27-20-9-7-18(8-10-20)22(26)25-13-11-24(12-14-25)15-19-16-28-21(23-19)17-5-3-2-4-6-17/h2-10,16H,11-15H2,1H3. The lowest BCUT2D eigenvalue weighted by Gasteiger charge is -2.34. The third-order valence-corrected chi connectivity index (χ3v) is 5.89. The smallest absolute Gasteiger partial charge is 0.253 e. The maximum atomic E-state index is 12.7. The van der Waals surface area contributed by atoms with Crippen molar-refractivity contribution in [3.05, 3.63) is 71.2 Å². The van der Waals surface area contributed by atoms with Crippen LogP contribution < -0.4 is 4.74 Å². The number of carbonyl (C=O) groups excluding carboxylic acids is 1. The van der Waals surface area contributed by atoms with Gasteiger partial charge in [-0.2, -0.15) is 0 Å². The average molecular weight is 394 g/mol. The molecule has 1 fully saturated rings. The number of hydrogen-bond donors (Lipinski definition) is 0. The molecule has 1 aromatic heterocycles. The van der Waals surface area contributed by atoms with Crippen LogP contribution in [0.5, 0.6) is 5.75 Å². The number of thiazole rings is 1. The molecule has 0 N–H and O–H groups in total. The van der Waals surface area contributed by atoms with Crippen LogP contribution in [-0.4, -0.2) is 54.0 Å². The van der Waals surface area contributed by atoms with Gasteiger partial charge in [-0.05, 0) is 24.3 Å². The summed E-state index contributed by atoms with van der Waals surface area (Å²) < 4.78 is 5.16. The summed E-state index contributed by atoms with van der Waals surface area (Å²) in [4.78, 5) is 21.7. The molecule has 0 spiro atoms. The van der Waals surface area contributed by atoms with Gasteiger partial charge in [-0.25, -0.2) is 4.98 Å². The first-order valence-electron chi connectivity index (χ1n) is 9.38. The number of piperazine rings is 1. The van der Waals surface area contributed by atoms with Gasteiger partial charge >= 0.3 is 0 Å². The highest BCUT2D eigenvalue weighted by Crippen LogP contribution is 2.24. The molecule has 0 bridgehead atoms. The Morgan fingerprint density at radius 1 is 1.04 bits per heavy atom. The van der Waals surface area contributed by atoms with Crippen LogP contribution in [0.1, 0.15) is 16.1 Å². The maximum Gasteiger partial charge on any atom is 0.253 e. The Bertz CT molecular complexity index is 916. The second-order valence-corrected chi connectivity index (χ2v) is 7.66. The number of benzene rings is 2. The number of ether oxygens (including phenoxy) is 1. The number of carbonyl (C=O) groups is 1. The zero-order valence-corrected chi connectivity index (χ0v) is 16.7. The molecule has 4 rings (SSSR count). The number of rotatable bonds is 5. The molecule has 2 aromatic carbocycles. The van der Waals surface area contributed by atoms with E-state index < -0.39 is 0 Å². The third kappa shape index (κ3) is 4.24. The molecular formula is C22H23N3O2S. The van der Waals surface area contributed by atoms with Gasteiger partial charge in [0.25, 0.3) is 5.91 Å². The van der Waals surface area contributed by atoms with Crippen molar-refractivity contribution < 1.29 is 9.53 Å². The number of nitrogens with zero attached hydrogens (tertiary/aromatic N) is 3. The van der Waals surface area contributed by atoms with Crippen molar-refractivity contribution in [3.8, 4) is 16.3 Å². The second kappa shape index (κ2) is 8.54. The van der Waals surface area contributed by atoms with E-state index in [4.69, 9.17) is 9.72 Å². The molecule has 2 heterocycles. The monoisotopic (exact) mass is 393 g/mol. The molecule has 5 nitrogen and oxygen atoms in total. The van der Waals surface area contributed by atoms with Gasteiger partial charge in [0.05, 0.1) is 12.8 Å². The van der Waals surface area contributed by atoms with E-state index in [1.807, 2.05) is 47.4 Å². The quantitative estimate of drug-likeness (QED) is 0.662. The molecule has 0 aliphatic carbocycles. The molecule has 3 aromatic rings. The van der Waals surface area contributed by atoms with Gasteiger partial charge < -0.3 is 9.64 Å². The minimum Gasteiger partial charge on any atom is -0.497 e. The molecule has 0 radical (unpaired) electrons. The number of amides is 1. The Balaban J connectivity index is 1.32. The lowest BCUT2D eigenvalue weighted by molar-refractivity contribution is 0.0627. The summed E-state index contributed by atoms with van der Waals surface area (Å²) in [5, 5.41) is 3.20. The summed E-state index contributed by atoms with van der Waals surface area (Å²) in [6.45, 7) is 4.02. The van der Waals surface area contributed by atoms with Gasteiger partial charge in [-0.15, -0.1) is 11.3 Å². The predicted octanol–water partition coefficient (Wildman–Crippen LogP) is 3.78. The van der Waals surface area contributed by atoms with Gasteiger partial charge in [0.15, 0.2) is 0 Å². The van der Waals surface area contributed by atoms with Crippen LogP contribution in [0.25, 0.3) is 10.6 Å². The van der Waals surface area contributed by atoms with Crippen molar-refractivity contribution in [2.75, 3.05) is 33.3 Å². The predicted molar refractivity (Wildman–Crippen MR) is 112 cm³/mol. The first-order chi connectivity index (χ1) is 13.7. The first kappa shape index (κ1) is 18.7. The lowest BCUT2D eigenvalue weighted by Crippen LogP contribution is -2.48. The van der Waals surface area contributed by atoms with E-state index in [2.05, 4.69) is 22.4 Å². The highest BCUT2D eigenvalue weighted by Gasteiger charge is 2.22. The maximum absolute atomic E-state index is 12.7. The minimum absolute atomic E-state index is 0.0855. The van der Waals surface area contributed by atoms with Gasteiger partial charge in [-0.3, -0.25) is 9.69 Å². The molecule has 0 unspecified atom stereocenters. The van der Waals surface area contributed by atoms with E-state index >= 15 is 0 Å². The minimum atomic E-state index is 0.0855. The van der Waals surface area contributed by atoms with E-state index in [-0.39, 0.29) is 5.91 Å². The summed E-state index contributed by atoms with van der Waals surface area (Å²) in [6, 6.07) is 17.6.